The summed E-state index contributed by atoms with van der Waals surface area (Å²) in [7, 11) is 0. The molecule has 156 valence electrons. The van der Waals surface area contributed by atoms with Crippen molar-refractivity contribution in [2.24, 2.45) is 0 Å². The lowest BCUT2D eigenvalue weighted by Crippen LogP contribution is -2.51. The van der Waals surface area contributed by atoms with E-state index in [1.54, 1.807) is 9.80 Å². The second-order valence-corrected chi connectivity index (χ2v) is 8.76. The van der Waals surface area contributed by atoms with E-state index >= 15 is 0 Å². The summed E-state index contributed by atoms with van der Waals surface area (Å²) in [5.41, 5.74) is 3.16. The van der Waals surface area contributed by atoms with Crippen LogP contribution in [0, 0.1) is 5.82 Å². The molecule has 1 atom stereocenters. The number of para-hydroxylation sites is 1. The lowest BCUT2D eigenvalue weighted by Gasteiger charge is -2.33. The zero-order valence-electron chi connectivity index (χ0n) is 16.6. The van der Waals surface area contributed by atoms with Crippen LogP contribution in [-0.4, -0.2) is 29.1 Å². The van der Waals surface area contributed by atoms with Crippen LogP contribution in [0.15, 0.2) is 78.9 Å². The largest absolute Gasteiger partial charge is 0.323 e. The van der Waals surface area contributed by atoms with E-state index in [9.17, 15) is 14.0 Å². The molecule has 0 aliphatic carbocycles. The minimum atomic E-state index is -1.10. The fraction of sp³-hybridized carbons (Fsp3) is 0.167. The van der Waals surface area contributed by atoms with Crippen molar-refractivity contribution in [2.45, 2.75) is 11.4 Å². The number of rotatable bonds is 3. The molecule has 1 fully saturated rings. The molecule has 1 spiro atoms. The third-order valence-corrected chi connectivity index (χ3v) is 7.04. The summed E-state index contributed by atoms with van der Waals surface area (Å²) in [4.78, 5) is 29.3. The van der Waals surface area contributed by atoms with E-state index in [0.29, 0.717) is 24.5 Å². The van der Waals surface area contributed by atoms with E-state index in [0.717, 1.165) is 16.8 Å². The average Bonchev–Trinajstić information content (AvgIpc) is 3.34. The number of carbonyl (C=O) groups is 2. The molecule has 31 heavy (non-hydrogen) atoms. The molecule has 0 saturated carbocycles. The maximum absolute atomic E-state index is 13.8. The van der Waals surface area contributed by atoms with Crippen LogP contribution in [0.5, 0.6) is 0 Å². The van der Waals surface area contributed by atoms with Gasteiger partial charge in [0.2, 0.25) is 0 Å². The van der Waals surface area contributed by atoms with Crippen molar-refractivity contribution in [1.29, 1.82) is 0 Å². The monoisotopic (exact) mass is 433 g/mol. The van der Waals surface area contributed by atoms with Crippen LogP contribution >= 0.6 is 11.8 Å². The van der Waals surface area contributed by atoms with Gasteiger partial charge in [0, 0.05) is 23.5 Å². The smallest absolute Gasteiger partial charge is 0.308 e. The first kappa shape index (κ1) is 19.6. The van der Waals surface area contributed by atoms with Crippen molar-refractivity contribution in [2.75, 3.05) is 22.5 Å². The zero-order chi connectivity index (χ0) is 21.4. The second kappa shape index (κ2) is 7.74. The maximum Gasteiger partial charge on any atom is 0.323 e. The number of fused-ring (bicyclic) bond motifs is 2. The molecule has 2 heterocycles. The van der Waals surface area contributed by atoms with E-state index in [1.807, 2.05) is 54.6 Å². The third kappa shape index (κ3) is 3.25. The van der Waals surface area contributed by atoms with Crippen LogP contribution in [0.2, 0.25) is 0 Å². The standard InChI is InChI=1S/C24H20FN3O2S/c25-18-10-12-19(13-11-18)26-23(30)28-14-15-31-24(28)20-8-4-5-9-21(20)27(22(24)29)16-17-6-2-1-3-7-17/h1-13H,14-16H2,(H,26,30)/t24-/m1/s1. The number of hydrogen-bond acceptors (Lipinski definition) is 3. The summed E-state index contributed by atoms with van der Waals surface area (Å²) < 4.78 is 13.2. The van der Waals surface area contributed by atoms with Gasteiger partial charge in [-0.2, -0.15) is 0 Å². The highest BCUT2D eigenvalue weighted by molar-refractivity contribution is 8.01. The summed E-state index contributed by atoms with van der Waals surface area (Å²) in [5, 5.41) is 2.81. The zero-order valence-corrected chi connectivity index (χ0v) is 17.4. The molecule has 5 rings (SSSR count). The van der Waals surface area contributed by atoms with Crippen LogP contribution in [0.1, 0.15) is 11.1 Å². The Morgan fingerprint density at radius 3 is 2.48 bits per heavy atom. The number of nitrogens with zero attached hydrogens (tertiary/aromatic N) is 2. The van der Waals surface area contributed by atoms with E-state index in [2.05, 4.69) is 5.32 Å². The number of halogens is 1. The molecular formula is C24H20FN3O2S. The van der Waals surface area contributed by atoms with Crippen LogP contribution in [0.25, 0.3) is 0 Å². The van der Waals surface area contributed by atoms with Gasteiger partial charge in [0.05, 0.1) is 12.2 Å². The quantitative estimate of drug-likeness (QED) is 0.645. The van der Waals surface area contributed by atoms with Gasteiger partial charge in [0.15, 0.2) is 4.87 Å². The Hall–Kier alpha value is -3.32. The van der Waals surface area contributed by atoms with Gasteiger partial charge in [-0.3, -0.25) is 9.69 Å². The first-order chi connectivity index (χ1) is 15.1. The number of carbonyl (C=O) groups excluding carboxylic acids is 2. The lowest BCUT2D eigenvalue weighted by atomic mass is 10.1. The number of hydrogen-bond donors (Lipinski definition) is 1. The number of nitrogens with one attached hydrogen (secondary N) is 1. The van der Waals surface area contributed by atoms with Crippen LogP contribution < -0.4 is 10.2 Å². The molecule has 0 unspecified atom stereocenters. The van der Waals surface area contributed by atoms with Crippen LogP contribution in [0.3, 0.4) is 0 Å². The molecule has 2 aliphatic rings. The minimum absolute atomic E-state index is 0.116. The second-order valence-electron chi connectivity index (χ2n) is 7.48. The molecule has 1 saturated heterocycles. The Kier molecular flexibility index (Phi) is 4.90. The van der Waals surface area contributed by atoms with Gasteiger partial charge >= 0.3 is 6.03 Å². The van der Waals surface area contributed by atoms with Crippen molar-refractivity contribution < 1.29 is 14.0 Å². The van der Waals surface area contributed by atoms with E-state index in [1.165, 1.54) is 36.0 Å². The van der Waals surface area contributed by atoms with Gasteiger partial charge in [0.1, 0.15) is 5.82 Å². The van der Waals surface area contributed by atoms with Crippen molar-refractivity contribution >= 4 is 35.1 Å². The molecule has 0 radical (unpaired) electrons. The summed E-state index contributed by atoms with van der Waals surface area (Å²) >= 11 is 1.48. The predicted octanol–water partition coefficient (Wildman–Crippen LogP) is 4.81. The number of anilines is 2. The van der Waals surface area contributed by atoms with Crippen molar-refractivity contribution in [3.8, 4) is 0 Å². The number of urea groups is 1. The molecule has 0 aromatic heterocycles. The minimum Gasteiger partial charge on any atom is -0.308 e. The predicted molar refractivity (Wildman–Crippen MR) is 120 cm³/mol. The van der Waals surface area contributed by atoms with Crippen molar-refractivity contribution in [1.82, 2.24) is 4.90 Å². The van der Waals surface area contributed by atoms with Crippen LogP contribution in [-0.2, 0) is 16.2 Å². The van der Waals surface area contributed by atoms with Gasteiger partial charge < -0.3 is 10.2 Å². The van der Waals surface area contributed by atoms with Crippen molar-refractivity contribution in [3.63, 3.8) is 0 Å². The molecule has 0 bridgehead atoms. The van der Waals surface area contributed by atoms with Gasteiger partial charge in [-0.1, -0.05) is 48.5 Å². The average molecular weight is 434 g/mol. The maximum atomic E-state index is 13.8. The third-order valence-electron chi connectivity index (χ3n) is 5.63. The Balaban J connectivity index is 1.50. The Morgan fingerprint density at radius 2 is 1.71 bits per heavy atom. The summed E-state index contributed by atoms with van der Waals surface area (Å²) in [6.07, 6.45) is 0. The Labute approximate surface area is 183 Å². The van der Waals surface area contributed by atoms with E-state index < -0.39 is 4.87 Å². The SMILES string of the molecule is O=C(Nc1ccc(F)cc1)N1CCS[C@]12C(=O)N(Cc1ccccc1)c1ccccc12. The fourth-order valence-corrected chi connectivity index (χ4v) is 5.68. The highest BCUT2D eigenvalue weighted by Crippen LogP contribution is 2.54. The van der Waals surface area contributed by atoms with Gasteiger partial charge in [-0.25, -0.2) is 9.18 Å². The number of amides is 3. The first-order valence-corrected chi connectivity index (χ1v) is 11.0. The molecular weight excluding hydrogens is 413 g/mol. The number of benzene rings is 3. The molecule has 3 aromatic rings. The number of thioether (sulfide) groups is 1. The summed E-state index contributed by atoms with van der Waals surface area (Å²) in [5.74, 6) is 0.160. The van der Waals surface area contributed by atoms with Crippen LogP contribution in [0.4, 0.5) is 20.6 Å². The van der Waals surface area contributed by atoms with E-state index in [4.69, 9.17) is 0 Å². The molecule has 1 N–H and O–H groups in total. The molecule has 3 aromatic carbocycles. The highest BCUT2D eigenvalue weighted by atomic mass is 32.2. The highest BCUT2D eigenvalue weighted by Gasteiger charge is 2.59. The Morgan fingerprint density at radius 1 is 1.00 bits per heavy atom. The van der Waals surface area contributed by atoms with Gasteiger partial charge in [0.25, 0.3) is 5.91 Å². The molecule has 2 aliphatic heterocycles. The van der Waals surface area contributed by atoms with Gasteiger partial charge in [-0.05, 0) is 35.9 Å². The lowest BCUT2D eigenvalue weighted by molar-refractivity contribution is -0.123. The van der Waals surface area contributed by atoms with Crippen molar-refractivity contribution in [3.05, 3.63) is 95.8 Å². The molecule has 7 heteroatoms. The molecule has 5 nitrogen and oxygen atoms in total. The summed E-state index contributed by atoms with van der Waals surface area (Å²) in [6, 6.07) is 22.7. The summed E-state index contributed by atoms with van der Waals surface area (Å²) in [6.45, 7) is 0.878. The van der Waals surface area contributed by atoms with Gasteiger partial charge in [-0.15, -0.1) is 11.8 Å². The topological polar surface area (TPSA) is 52.7 Å². The Bertz CT molecular complexity index is 1140. The first-order valence-electron chi connectivity index (χ1n) is 10.0. The normalized spacial score (nSPS) is 19.7. The fourth-order valence-electron chi connectivity index (χ4n) is 4.22. The molecule has 3 amide bonds. The van der Waals surface area contributed by atoms with E-state index in [-0.39, 0.29) is 17.8 Å².